The summed E-state index contributed by atoms with van der Waals surface area (Å²) in [6.45, 7) is 0.537. The van der Waals surface area contributed by atoms with Gasteiger partial charge in [-0.1, -0.05) is 41.9 Å². The van der Waals surface area contributed by atoms with Gasteiger partial charge < -0.3 is 10.6 Å². The summed E-state index contributed by atoms with van der Waals surface area (Å²) in [5, 5.41) is 11.2. The van der Waals surface area contributed by atoms with E-state index in [2.05, 4.69) is 20.9 Å². The molecule has 0 spiro atoms. The number of rotatable bonds is 7. The number of halogens is 1. The number of hydrogen-bond donors (Lipinski definition) is 3. The lowest BCUT2D eigenvalue weighted by Gasteiger charge is -2.05. The topological polar surface area (TPSA) is 83.1 Å². The molecule has 1 heterocycles. The van der Waals surface area contributed by atoms with Crippen LogP contribution in [0.2, 0.25) is 5.02 Å². The van der Waals surface area contributed by atoms with E-state index in [0.29, 0.717) is 28.1 Å². The summed E-state index contributed by atoms with van der Waals surface area (Å²) in [6.07, 6.45) is 0.894. The Balaban J connectivity index is 1.41. The summed E-state index contributed by atoms with van der Waals surface area (Å²) in [7, 11) is 0. The number of urea groups is 1. The highest BCUT2D eigenvalue weighted by molar-refractivity contribution is 7.14. The van der Waals surface area contributed by atoms with Crippen LogP contribution in [0.5, 0.6) is 0 Å². The second kappa shape index (κ2) is 9.87. The van der Waals surface area contributed by atoms with E-state index >= 15 is 0 Å². The maximum absolute atomic E-state index is 12.1. The summed E-state index contributed by atoms with van der Waals surface area (Å²) < 4.78 is 0. The molecule has 3 rings (SSSR count). The number of carbonyl (C=O) groups is 2. The largest absolute Gasteiger partial charge is 0.355 e. The second-order valence-electron chi connectivity index (χ2n) is 5.99. The summed E-state index contributed by atoms with van der Waals surface area (Å²) in [4.78, 5) is 28.3. The molecule has 0 aliphatic rings. The molecule has 3 aromatic rings. The van der Waals surface area contributed by atoms with Gasteiger partial charge in [0.05, 0.1) is 12.1 Å². The van der Waals surface area contributed by atoms with Gasteiger partial charge >= 0.3 is 6.03 Å². The van der Waals surface area contributed by atoms with E-state index in [1.54, 1.807) is 17.5 Å². The number of nitrogens with zero attached hydrogens (tertiary/aromatic N) is 1. The van der Waals surface area contributed by atoms with Crippen molar-refractivity contribution in [3.8, 4) is 0 Å². The van der Waals surface area contributed by atoms with E-state index in [-0.39, 0.29) is 18.4 Å². The number of hydrogen-bond acceptors (Lipinski definition) is 4. The van der Waals surface area contributed by atoms with Crippen molar-refractivity contribution in [1.29, 1.82) is 0 Å². The van der Waals surface area contributed by atoms with Crippen LogP contribution in [0.4, 0.5) is 15.6 Å². The molecule has 0 saturated heterocycles. The lowest BCUT2D eigenvalue weighted by molar-refractivity contribution is -0.120. The first kappa shape index (κ1) is 19.9. The maximum Gasteiger partial charge on any atom is 0.325 e. The van der Waals surface area contributed by atoms with E-state index in [1.807, 2.05) is 42.5 Å². The van der Waals surface area contributed by atoms with Crippen molar-refractivity contribution in [2.75, 3.05) is 17.2 Å². The number of anilines is 2. The molecule has 144 valence electrons. The smallest absolute Gasteiger partial charge is 0.325 e. The average Bonchev–Trinajstić information content (AvgIpc) is 3.10. The molecule has 0 saturated carbocycles. The zero-order valence-electron chi connectivity index (χ0n) is 14.9. The van der Waals surface area contributed by atoms with E-state index < -0.39 is 0 Å². The summed E-state index contributed by atoms with van der Waals surface area (Å²) in [5.74, 6) is -0.112. The van der Waals surface area contributed by atoms with Gasteiger partial charge in [0.15, 0.2) is 5.13 Å². The molecule has 0 radical (unpaired) electrons. The van der Waals surface area contributed by atoms with Crippen molar-refractivity contribution in [2.45, 2.75) is 12.8 Å². The maximum atomic E-state index is 12.1. The fraction of sp³-hybridized carbons (Fsp3) is 0.150. The highest BCUT2D eigenvalue weighted by Gasteiger charge is 2.10. The van der Waals surface area contributed by atoms with Crippen LogP contribution in [0.1, 0.15) is 11.3 Å². The average molecular weight is 415 g/mol. The van der Waals surface area contributed by atoms with Gasteiger partial charge in [0.25, 0.3) is 0 Å². The first-order valence-corrected chi connectivity index (χ1v) is 9.93. The van der Waals surface area contributed by atoms with Crippen molar-refractivity contribution in [3.05, 3.63) is 76.3 Å². The number of para-hydroxylation sites is 1. The Morgan fingerprint density at radius 2 is 1.75 bits per heavy atom. The minimum absolute atomic E-state index is 0.112. The molecule has 0 atom stereocenters. The lowest BCUT2D eigenvalue weighted by atomic mass is 10.1. The molecular formula is C20H19ClN4O2S. The zero-order chi connectivity index (χ0) is 19.8. The van der Waals surface area contributed by atoms with E-state index in [1.165, 1.54) is 11.3 Å². The highest BCUT2D eigenvalue weighted by Crippen LogP contribution is 2.16. The van der Waals surface area contributed by atoms with Crippen molar-refractivity contribution in [3.63, 3.8) is 0 Å². The molecule has 0 unspecified atom stereocenters. The number of carbonyl (C=O) groups excluding carboxylic acids is 2. The van der Waals surface area contributed by atoms with Gasteiger partial charge in [0.1, 0.15) is 0 Å². The summed E-state index contributed by atoms with van der Waals surface area (Å²) in [5.41, 5.74) is 2.41. The molecule has 0 bridgehead atoms. The SMILES string of the molecule is O=C(Cc1csc(NC(=O)Nc2ccccc2)n1)NCCc1ccc(Cl)cc1. The van der Waals surface area contributed by atoms with Crippen molar-refractivity contribution in [1.82, 2.24) is 10.3 Å². The van der Waals surface area contributed by atoms with Crippen molar-refractivity contribution in [2.24, 2.45) is 0 Å². The van der Waals surface area contributed by atoms with Crippen LogP contribution in [-0.4, -0.2) is 23.5 Å². The third-order valence-corrected chi connectivity index (χ3v) is 4.85. The Morgan fingerprint density at radius 1 is 1.00 bits per heavy atom. The van der Waals surface area contributed by atoms with Crippen LogP contribution in [-0.2, 0) is 17.6 Å². The Bertz CT molecular complexity index is 929. The van der Waals surface area contributed by atoms with Gasteiger partial charge in [0.2, 0.25) is 5.91 Å². The van der Waals surface area contributed by atoms with Crippen LogP contribution in [0, 0.1) is 0 Å². The van der Waals surface area contributed by atoms with E-state index in [4.69, 9.17) is 11.6 Å². The van der Waals surface area contributed by atoms with Crippen molar-refractivity contribution >= 4 is 45.7 Å². The molecule has 6 nitrogen and oxygen atoms in total. The quantitative estimate of drug-likeness (QED) is 0.537. The Hall–Kier alpha value is -2.90. The number of benzene rings is 2. The van der Waals surface area contributed by atoms with Crippen LogP contribution >= 0.6 is 22.9 Å². The Kier molecular flexibility index (Phi) is 7.00. The summed E-state index contributed by atoms with van der Waals surface area (Å²) in [6, 6.07) is 16.3. The zero-order valence-corrected chi connectivity index (χ0v) is 16.5. The number of thiazole rings is 1. The molecule has 2 aromatic carbocycles. The Labute approximate surface area is 172 Å². The summed E-state index contributed by atoms with van der Waals surface area (Å²) >= 11 is 7.13. The van der Waals surface area contributed by atoms with Gasteiger partial charge in [-0.15, -0.1) is 11.3 Å². The monoisotopic (exact) mass is 414 g/mol. The standard InChI is InChI=1S/C20H19ClN4O2S/c21-15-8-6-14(7-9-15)10-11-22-18(26)12-17-13-28-20(24-17)25-19(27)23-16-4-2-1-3-5-16/h1-9,13H,10-12H2,(H,22,26)(H2,23,24,25,27). The van der Waals surface area contributed by atoms with Gasteiger partial charge in [0, 0.05) is 22.6 Å². The lowest BCUT2D eigenvalue weighted by Crippen LogP contribution is -2.27. The molecule has 8 heteroatoms. The number of amides is 3. The Morgan fingerprint density at radius 3 is 2.50 bits per heavy atom. The van der Waals surface area contributed by atoms with Crippen LogP contribution < -0.4 is 16.0 Å². The predicted molar refractivity (Wildman–Crippen MR) is 113 cm³/mol. The van der Waals surface area contributed by atoms with Gasteiger partial charge in [-0.05, 0) is 36.2 Å². The minimum atomic E-state index is -0.375. The molecule has 3 amide bonds. The van der Waals surface area contributed by atoms with E-state index in [9.17, 15) is 9.59 Å². The van der Waals surface area contributed by atoms with Crippen LogP contribution in [0.3, 0.4) is 0 Å². The van der Waals surface area contributed by atoms with Crippen molar-refractivity contribution < 1.29 is 9.59 Å². The highest BCUT2D eigenvalue weighted by atomic mass is 35.5. The predicted octanol–water partition coefficient (Wildman–Crippen LogP) is 4.34. The third-order valence-electron chi connectivity index (χ3n) is 3.79. The molecule has 0 aliphatic carbocycles. The second-order valence-corrected chi connectivity index (χ2v) is 7.29. The third kappa shape index (κ3) is 6.37. The first-order chi connectivity index (χ1) is 13.6. The molecule has 0 fully saturated rings. The van der Waals surface area contributed by atoms with Gasteiger partial charge in [-0.2, -0.15) is 0 Å². The molecule has 3 N–H and O–H groups in total. The first-order valence-electron chi connectivity index (χ1n) is 8.67. The molecule has 0 aliphatic heterocycles. The van der Waals surface area contributed by atoms with E-state index in [0.717, 1.165) is 12.0 Å². The molecule has 28 heavy (non-hydrogen) atoms. The fourth-order valence-corrected chi connectivity index (χ4v) is 3.28. The normalized spacial score (nSPS) is 10.3. The number of nitrogens with one attached hydrogen (secondary N) is 3. The van der Waals surface area contributed by atoms with Gasteiger partial charge in [-0.25, -0.2) is 9.78 Å². The van der Waals surface area contributed by atoms with Crippen LogP contribution in [0.15, 0.2) is 60.0 Å². The van der Waals surface area contributed by atoms with Gasteiger partial charge in [-0.3, -0.25) is 10.1 Å². The minimum Gasteiger partial charge on any atom is -0.355 e. The molecule has 1 aromatic heterocycles. The molecular weight excluding hydrogens is 396 g/mol. The van der Waals surface area contributed by atoms with Crippen LogP contribution in [0.25, 0.3) is 0 Å². The number of aromatic nitrogens is 1. The fourth-order valence-electron chi connectivity index (χ4n) is 2.45.